The Hall–Kier alpha value is -1.85. The molecule has 4 nitrogen and oxygen atoms in total. The van der Waals surface area contributed by atoms with Crippen molar-refractivity contribution in [3.05, 3.63) is 64.7 Å². The normalized spacial score (nSPS) is 16.6. The summed E-state index contributed by atoms with van der Waals surface area (Å²) in [5, 5.41) is 13.5. The lowest BCUT2D eigenvalue weighted by Crippen LogP contribution is -2.13. The van der Waals surface area contributed by atoms with E-state index in [1.165, 1.54) is 5.56 Å². The Morgan fingerprint density at radius 3 is 2.75 bits per heavy atom. The second kappa shape index (κ2) is 4.61. The van der Waals surface area contributed by atoms with Crippen molar-refractivity contribution in [3.8, 4) is 5.69 Å². The molecule has 6 heteroatoms. The number of hydrogen-bond acceptors (Lipinski definition) is 4. The van der Waals surface area contributed by atoms with Crippen molar-refractivity contribution in [2.45, 2.75) is 10.4 Å². The highest BCUT2D eigenvalue weighted by molar-refractivity contribution is 7.99. The molecule has 0 N–H and O–H groups in total. The average molecular weight is 301 g/mol. The molecule has 0 bridgehead atoms. The number of thioether (sulfide) groups is 1. The summed E-state index contributed by atoms with van der Waals surface area (Å²) in [7, 11) is 0. The molecule has 0 fully saturated rings. The Balaban J connectivity index is 1.97. The largest absolute Gasteiger partial charge is 0.215 e. The standard InChI is InChI=1S/C14H9ClN4S/c15-11-8-4-7-10-12(11)19-14(16-17-18-19)20-13(10)9-5-2-1-3-6-9/h1-8,13H. The van der Waals surface area contributed by atoms with Gasteiger partial charge in [0.25, 0.3) is 0 Å². The zero-order valence-electron chi connectivity index (χ0n) is 10.3. The van der Waals surface area contributed by atoms with E-state index in [0.717, 1.165) is 16.4 Å². The highest BCUT2D eigenvalue weighted by atomic mass is 35.5. The van der Waals surface area contributed by atoms with Crippen molar-refractivity contribution in [1.29, 1.82) is 0 Å². The number of para-hydroxylation sites is 1. The fourth-order valence-electron chi connectivity index (χ4n) is 2.40. The quantitative estimate of drug-likeness (QED) is 0.690. The van der Waals surface area contributed by atoms with Gasteiger partial charge in [0.1, 0.15) is 0 Å². The number of fused-ring (bicyclic) bond motifs is 3. The van der Waals surface area contributed by atoms with Gasteiger partial charge in [0.05, 0.1) is 16.0 Å². The van der Waals surface area contributed by atoms with Crippen LogP contribution in [-0.2, 0) is 0 Å². The van der Waals surface area contributed by atoms with Gasteiger partial charge in [-0.2, -0.15) is 4.68 Å². The Bertz CT molecular complexity index is 772. The van der Waals surface area contributed by atoms with Crippen LogP contribution in [-0.4, -0.2) is 20.2 Å². The maximum atomic E-state index is 6.35. The molecule has 0 spiro atoms. The van der Waals surface area contributed by atoms with Gasteiger partial charge in [-0.05, 0) is 27.6 Å². The zero-order valence-corrected chi connectivity index (χ0v) is 11.8. The molecule has 1 aromatic heterocycles. The van der Waals surface area contributed by atoms with Crippen LogP contribution in [0, 0.1) is 0 Å². The van der Waals surface area contributed by atoms with Gasteiger partial charge in [-0.15, -0.1) is 5.10 Å². The van der Waals surface area contributed by atoms with E-state index in [0.29, 0.717) is 5.02 Å². The maximum absolute atomic E-state index is 6.35. The molecule has 98 valence electrons. The smallest absolute Gasteiger partial charge is 0.186 e. The van der Waals surface area contributed by atoms with Crippen LogP contribution in [0.4, 0.5) is 0 Å². The number of hydrogen-bond donors (Lipinski definition) is 0. The third-order valence-corrected chi connectivity index (χ3v) is 4.81. The lowest BCUT2D eigenvalue weighted by Gasteiger charge is -2.25. The summed E-state index contributed by atoms with van der Waals surface area (Å²) in [6.07, 6.45) is 0. The molecule has 1 unspecified atom stereocenters. The Labute approximate surface area is 124 Å². The summed E-state index contributed by atoms with van der Waals surface area (Å²) in [4.78, 5) is 0. The van der Waals surface area contributed by atoms with Crippen molar-refractivity contribution in [2.24, 2.45) is 0 Å². The topological polar surface area (TPSA) is 43.6 Å². The van der Waals surface area contributed by atoms with E-state index in [1.807, 2.05) is 30.3 Å². The molecule has 3 aromatic rings. The fourth-order valence-corrected chi connectivity index (χ4v) is 3.80. The van der Waals surface area contributed by atoms with E-state index in [-0.39, 0.29) is 5.25 Å². The molecule has 4 rings (SSSR count). The van der Waals surface area contributed by atoms with E-state index in [1.54, 1.807) is 16.4 Å². The molecule has 0 radical (unpaired) electrons. The monoisotopic (exact) mass is 300 g/mol. The lowest BCUT2D eigenvalue weighted by atomic mass is 10.0. The SMILES string of the molecule is Clc1cccc2c1-n1nnnc1SC2c1ccccc1. The van der Waals surface area contributed by atoms with Crippen molar-refractivity contribution < 1.29 is 0 Å². The molecule has 2 aromatic carbocycles. The number of nitrogens with zero attached hydrogens (tertiary/aromatic N) is 4. The van der Waals surface area contributed by atoms with E-state index in [2.05, 4.69) is 33.7 Å². The van der Waals surface area contributed by atoms with Crippen LogP contribution < -0.4 is 0 Å². The van der Waals surface area contributed by atoms with E-state index < -0.39 is 0 Å². The minimum atomic E-state index is 0.156. The van der Waals surface area contributed by atoms with Gasteiger partial charge in [-0.3, -0.25) is 0 Å². The van der Waals surface area contributed by atoms with Gasteiger partial charge in [0.2, 0.25) is 5.16 Å². The molecule has 1 aliphatic heterocycles. The summed E-state index contributed by atoms with van der Waals surface area (Å²) in [6.45, 7) is 0. The number of halogens is 1. The van der Waals surface area contributed by atoms with Crippen LogP contribution in [0.1, 0.15) is 16.4 Å². The van der Waals surface area contributed by atoms with Gasteiger partial charge in [0.15, 0.2) is 0 Å². The summed E-state index contributed by atoms with van der Waals surface area (Å²) in [5.41, 5.74) is 3.23. The second-order valence-corrected chi connectivity index (χ2v) is 5.94. The minimum absolute atomic E-state index is 0.156. The third kappa shape index (κ3) is 1.74. The van der Waals surface area contributed by atoms with Gasteiger partial charge in [-0.25, -0.2) is 0 Å². The summed E-state index contributed by atoms with van der Waals surface area (Å²) >= 11 is 7.99. The summed E-state index contributed by atoms with van der Waals surface area (Å²) in [5.74, 6) is 0. The van der Waals surface area contributed by atoms with E-state index in [9.17, 15) is 0 Å². The van der Waals surface area contributed by atoms with Crippen molar-refractivity contribution >= 4 is 23.4 Å². The predicted molar refractivity (Wildman–Crippen MR) is 78.3 cm³/mol. The molecule has 2 heterocycles. The number of benzene rings is 2. The first-order valence-corrected chi connectivity index (χ1v) is 7.39. The Kier molecular flexibility index (Phi) is 2.75. The maximum Gasteiger partial charge on any atom is 0.215 e. The van der Waals surface area contributed by atoms with Crippen molar-refractivity contribution in [3.63, 3.8) is 0 Å². The molecular weight excluding hydrogens is 292 g/mol. The lowest BCUT2D eigenvalue weighted by molar-refractivity contribution is 0.738. The predicted octanol–water partition coefficient (Wildman–Crippen LogP) is 3.51. The van der Waals surface area contributed by atoms with Crippen LogP contribution >= 0.6 is 23.4 Å². The average Bonchev–Trinajstić information content (AvgIpc) is 2.95. The number of rotatable bonds is 1. The zero-order chi connectivity index (χ0) is 13.5. The van der Waals surface area contributed by atoms with Gasteiger partial charge >= 0.3 is 0 Å². The molecule has 1 atom stereocenters. The minimum Gasteiger partial charge on any atom is -0.186 e. The van der Waals surface area contributed by atoms with Crippen LogP contribution in [0.3, 0.4) is 0 Å². The first kappa shape index (κ1) is 11.9. The first-order valence-electron chi connectivity index (χ1n) is 6.13. The molecule has 1 aliphatic rings. The summed E-state index contributed by atoms with van der Waals surface area (Å²) < 4.78 is 1.71. The van der Waals surface area contributed by atoms with Gasteiger partial charge in [0, 0.05) is 0 Å². The molecule has 0 aliphatic carbocycles. The highest BCUT2D eigenvalue weighted by Gasteiger charge is 2.30. The molecule has 0 amide bonds. The second-order valence-electron chi connectivity index (χ2n) is 4.46. The number of aromatic nitrogens is 4. The Morgan fingerprint density at radius 1 is 1.05 bits per heavy atom. The van der Waals surface area contributed by atoms with Crippen LogP contribution in [0.25, 0.3) is 5.69 Å². The first-order chi connectivity index (χ1) is 9.84. The Morgan fingerprint density at radius 2 is 1.90 bits per heavy atom. The third-order valence-electron chi connectivity index (χ3n) is 3.28. The molecule has 20 heavy (non-hydrogen) atoms. The highest BCUT2D eigenvalue weighted by Crippen LogP contribution is 2.47. The van der Waals surface area contributed by atoms with Gasteiger partial charge in [-0.1, -0.05) is 65.8 Å². The van der Waals surface area contributed by atoms with E-state index in [4.69, 9.17) is 11.6 Å². The molecule has 0 saturated heterocycles. The van der Waals surface area contributed by atoms with Crippen LogP contribution in [0.15, 0.2) is 53.7 Å². The molecular formula is C14H9ClN4S. The van der Waals surface area contributed by atoms with Crippen molar-refractivity contribution in [2.75, 3.05) is 0 Å². The van der Waals surface area contributed by atoms with E-state index >= 15 is 0 Å². The summed E-state index contributed by atoms with van der Waals surface area (Å²) in [6, 6.07) is 16.2. The number of tetrazole rings is 1. The van der Waals surface area contributed by atoms with Gasteiger partial charge < -0.3 is 0 Å². The van der Waals surface area contributed by atoms with Crippen LogP contribution in [0.5, 0.6) is 0 Å². The molecule has 0 saturated carbocycles. The fraction of sp³-hybridized carbons (Fsp3) is 0.0714. The van der Waals surface area contributed by atoms with Crippen molar-refractivity contribution in [1.82, 2.24) is 20.2 Å². The van der Waals surface area contributed by atoms with Crippen LogP contribution in [0.2, 0.25) is 5.02 Å².